The van der Waals surface area contributed by atoms with E-state index in [1.807, 2.05) is 4.90 Å². The van der Waals surface area contributed by atoms with Gasteiger partial charge in [-0.2, -0.15) is 0 Å². The topological polar surface area (TPSA) is 68.5 Å². The summed E-state index contributed by atoms with van der Waals surface area (Å²) in [6.07, 6.45) is 6.48. The molecule has 1 amide bonds. The first-order chi connectivity index (χ1) is 10.7. The minimum atomic E-state index is 0.102. The maximum atomic E-state index is 12.6. The highest BCUT2D eigenvalue weighted by molar-refractivity contribution is 5.93. The first-order valence-electron chi connectivity index (χ1n) is 8.12. The van der Waals surface area contributed by atoms with Gasteiger partial charge in [-0.25, -0.2) is 0 Å². The maximum absolute atomic E-state index is 12.6. The Morgan fingerprint density at radius 2 is 2.23 bits per heavy atom. The third kappa shape index (κ3) is 2.35. The van der Waals surface area contributed by atoms with Crippen LogP contribution >= 0.6 is 0 Å². The number of allylic oxidation sites excluding steroid dienone is 1. The molecule has 0 spiro atoms. The Morgan fingerprint density at radius 3 is 2.95 bits per heavy atom. The third-order valence-electron chi connectivity index (χ3n) is 5.03. The van der Waals surface area contributed by atoms with Crippen molar-refractivity contribution in [2.45, 2.75) is 44.6 Å². The number of nitrogens with zero attached hydrogens (tertiary/aromatic N) is 3. The number of carbonyl (C=O) groups excluding carboxylic acids is 1. The zero-order chi connectivity index (χ0) is 15.1. The molecule has 2 fully saturated rings. The molecule has 6 nitrogen and oxygen atoms in total. The van der Waals surface area contributed by atoms with E-state index in [1.165, 1.54) is 6.42 Å². The highest BCUT2D eigenvalue weighted by atomic mass is 16.5. The van der Waals surface area contributed by atoms with Gasteiger partial charge in [0.2, 0.25) is 17.7 Å². The fraction of sp³-hybridized carbons (Fsp3) is 0.688. The van der Waals surface area contributed by atoms with E-state index < -0.39 is 0 Å². The number of rotatable bonds is 2. The number of amides is 1. The molecular formula is C16H21N3O3. The average molecular weight is 303 g/mol. The van der Waals surface area contributed by atoms with Crippen LogP contribution in [0.15, 0.2) is 16.1 Å². The van der Waals surface area contributed by atoms with Crippen molar-refractivity contribution in [3.05, 3.63) is 23.4 Å². The number of hydrogen-bond donors (Lipinski definition) is 0. The summed E-state index contributed by atoms with van der Waals surface area (Å²) in [5, 5.41) is 8.05. The molecule has 0 radical (unpaired) electrons. The summed E-state index contributed by atoms with van der Waals surface area (Å²) in [5.41, 5.74) is 0.983. The van der Waals surface area contributed by atoms with E-state index >= 15 is 0 Å². The summed E-state index contributed by atoms with van der Waals surface area (Å²) in [6.45, 7) is 3.82. The fourth-order valence-electron chi connectivity index (χ4n) is 3.83. The van der Waals surface area contributed by atoms with Crippen LogP contribution in [-0.2, 0) is 9.53 Å². The molecule has 1 aliphatic carbocycles. The number of hydrogen-bond acceptors (Lipinski definition) is 5. The van der Waals surface area contributed by atoms with Gasteiger partial charge < -0.3 is 14.1 Å². The monoisotopic (exact) mass is 303 g/mol. The smallest absolute Gasteiger partial charge is 0.249 e. The number of carbonyl (C=O) groups is 1. The zero-order valence-electron chi connectivity index (χ0n) is 12.8. The van der Waals surface area contributed by atoms with E-state index in [2.05, 4.69) is 16.3 Å². The Kier molecular flexibility index (Phi) is 3.48. The number of fused-ring (bicyclic) bond motifs is 1. The molecule has 2 aliphatic heterocycles. The highest BCUT2D eigenvalue weighted by Gasteiger charge is 2.48. The van der Waals surface area contributed by atoms with Crippen LogP contribution in [0.5, 0.6) is 0 Å². The summed E-state index contributed by atoms with van der Waals surface area (Å²) in [4.78, 5) is 14.6. The molecule has 4 rings (SSSR count). The molecule has 3 heterocycles. The molecule has 22 heavy (non-hydrogen) atoms. The van der Waals surface area contributed by atoms with Gasteiger partial charge in [0.15, 0.2) is 0 Å². The number of aromatic nitrogens is 2. The molecular weight excluding hydrogens is 282 g/mol. The lowest BCUT2D eigenvalue weighted by Gasteiger charge is -2.21. The predicted molar refractivity (Wildman–Crippen MR) is 78.1 cm³/mol. The van der Waals surface area contributed by atoms with E-state index in [0.717, 1.165) is 31.4 Å². The lowest BCUT2D eigenvalue weighted by Crippen LogP contribution is -2.32. The lowest BCUT2D eigenvalue weighted by atomic mass is 9.93. The second-order valence-electron chi connectivity index (χ2n) is 6.49. The van der Waals surface area contributed by atoms with Crippen molar-refractivity contribution < 1.29 is 13.9 Å². The Bertz CT molecular complexity index is 610. The molecule has 1 aromatic heterocycles. The molecule has 0 unspecified atom stereocenters. The zero-order valence-corrected chi connectivity index (χ0v) is 12.8. The van der Waals surface area contributed by atoms with Crippen LogP contribution in [0.1, 0.15) is 43.4 Å². The van der Waals surface area contributed by atoms with Gasteiger partial charge in [-0.05, 0) is 25.7 Å². The molecule has 2 saturated heterocycles. The summed E-state index contributed by atoms with van der Waals surface area (Å²) < 4.78 is 11.5. The molecule has 0 saturated carbocycles. The normalized spacial score (nSPS) is 31.2. The van der Waals surface area contributed by atoms with Crippen molar-refractivity contribution in [1.29, 1.82) is 0 Å². The van der Waals surface area contributed by atoms with Crippen LogP contribution in [0, 0.1) is 12.8 Å². The van der Waals surface area contributed by atoms with E-state index in [-0.39, 0.29) is 23.8 Å². The van der Waals surface area contributed by atoms with Crippen molar-refractivity contribution in [1.82, 2.24) is 15.1 Å². The van der Waals surface area contributed by atoms with Crippen molar-refractivity contribution in [2.75, 3.05) is 19.7 Å². The summed E-state index contributed by atoms with van der Waals surface area (Å²) in [5.74, 6) is 1.81. The van der Waals surface area contributed by atoms with Gasteiger partial charge in [0.05, 0.1) is 18.6 Å². The van der Waals surface area contributed by atoms with Crippen molar-refractivity contribution in [3.8, 4) is 0 Å². The standard InChI is InChI=1S/C16H21N3O3/c1-10-17-18-15(22-10)13-9-21-14-8-19(7-12(13)14)16(20)11-5-3-2-4-6-11/h5,12-14H,2-4,6-9H2,1H3/t12-,13+,14-/m0/s1. The molecule has 0 aromatic carbocycles. The number of ether oxygens (including phenoxy) is 1. The largest absolute Gasteiger partial charge is 0.425 e. The van der Waals surface area contributed by atoms with Gasteiger partial charge in [0.1, 0.15) is 0 Å². The minimum absolute atomic E-state index is 0.102. The number of aryl methyl sites for hydroxylation is 1. The molecule has 0 bridgehead atoms. The minimum Gasteiger partial charge on any atom is -0.425 e. The Hall–Kier alpha value is -1.69. The second-order valence-corrected chi connectivity index (χ2v) is 6.49. The molecule has 3 aliphatic rings. The summed E-state index contributed by atoms with van der Waals surface area (Å²) >= 11 is 0. The summed E-state index contributed by atoms with van der Waals surface area (Å²) in [6, 6.07) is 0. The molecule has 118 valence electrons. The SMILES string of the molecule is Cc1nnc([C@@H]2CO[C@H]3CN(C(=O)C4=CCCCC4)C[C@H]32)o1. The van der Waals surface area contributed by atoms with Crippen LogP contribution in [0.25, 0.3) is 0 Å². The van der Waals surface area contributed by atoms with Crippen molar-refractivity contribution in [2.24, 2.45) is 5.92 Å². The van der Waals surface area contributed by atoms with Gasteiger partial charge in [0, 0.05) is 31.5 Å². The molecule has 3 atom stereocenters. The quantitative estimate of drug-likeness (QED) is 0.833. The Balaban J connectivity index is 1.47. The van der Waals surface area contributed by atoms with E-state index in [4.69, 9.17) is 9.15 Å². The van der Waals surface area contributed by atoms with Crippen LogP contribution in [-0.4, -0.2) is 46.8 Å². The van der Waals surface area contributed by atoms with E-state index in [1.54, 1.807) is 6.92 Å². The second kappa shape index (κ2) is 5.50. The van der Waals surface area contributed by atoms with Crippen molar-refractivity contribution in [3.63, 3.8) is 0 Å². The van der Waals surface area contributed by atoms with Gasteiger partial charge in [0.25, 0.3) is 0 Å². The predicted octanol–water partition coefficient (Wildman–Crippen LogP) is 1.82. The molecule has 1 aromatic rings. The van der Waals surface area contributed by atoms with Gasteiger partial charge >= 0.3 is 0 Å². The third-order valence-corrected chi connectivity index (χ3v) is 5.03. The fourth-order valence-corrected chi connectivity index (χ4v) is 3.83. The van der Waals surface area contributed by atoms with Crippen LogP contribution in [0.2, 0.25) is 0 Å². The van der Waals surface area contributed by atoms with Gasteiger partial charge in [-0.1, -0.05) is 6.08 Å². The lowest BCUT2D eigenvalue weighted by molar-refractivity contribution is -0.127. The van der Waals surface area contributed by atoms with Gasteiger partial charge in [-0.3, -0.25) is 4.79 Å². The van der Waals surface area contributed by atoms with E-state index in [0.29, 0.717) is 24.9 Å². The summed E-state index contributed by atoms with van der Waals surface area (Å²) in [7, 11) is 0. The van der Waals surface area contributed by atoms with Crippen LogP contribution in [0.3, 0.4) is 0 Å². The van der Waals surface area contributed by atoms with Gasteiger partial charge in [-0.15, -0.1) is 10.2 Å². The van der Waals surface area contributed by atoms with Crippen LogP contribution < -0.4 is 0 Å². The van der Waals surface area contributed by atoms with Crippen molar-refractivity contribution >= 4 is 5.91 Å². The maximum Gasteiger partial charge on any atom is 0.249 e. The molecule has 6 heteroatoms. The first kappa shape index (κ1) is 13.9. The average Bonchev–Trinajstić information content (AvgIpc) is 3.22. The Labute approximate surface area is 129 Å². The van der Waals surface area contributed by atoms with E-state index in [9.17, 15) is 4.79 Å². The Morgan fingerprint density at radius 1 is 1.32 bits per heavy atom. The molecule has 0 N–H and O–H groups in total. The van der Waals surface area contributed by atoms with Crippen LogP contribution in [0.4, 0.5) is 0 Å². The first-order valence-corrected chi connectivity index (χ1v) is 8.12. The highest BCUT2D eigenvalue weighted by Crippen LogP contribution is 2.40. The number of likely N-dealkylation sites (tertiary alicyclic amines) is 1.